The normalized spacial score (nSPS) is 16.8. The Kier molecular flexibility index (Phi) is 6.76. The van der Waals surface area contributed by atoms with Crippen LogP contribution >= 0.6 is 11.6 Å². The third-order valence-corrected chi connectivity index (χ3v) is 6.61. The highest BCUT2D eigenvalue weighted by Gasteiger charge is 2.25. The van der Waals surface area contributed by atoms with E-state index in [1.807, 2.05) is 24.3 Å². The fourth-order valence-electron chi connectivity index (χ4n) is 3.40. The van der Waals surface area contributed by atoms with Crippen LogP contribution in [0.1, 0.15) is 30.9 Å². The summed E-state index contributed by atoms with van der Waals surface area (Å²) in [5.41, 5.74) is 1.08. The first-order valence-corrected chi connectivity index (χ1v) is 11.0. The van der Waals surface area contributed by atoms with Gasteiger partial charge in [-0.15, -0.1) is 0 Å². The Bertz CT molecular complexity index is 833. The number of halogens is 1. The minimum atomic E-state index is -3.59. The molecule has 0 unspecified atom stereocenters. The molecule has 7 heteroatoms. The van der Waals surface area contributed by atoms with E-state index in [2.05, 4.69) is 9.62 Å². The second-order valence-electron chi connectivity index (χ2n) is 6.69. The summed E-state index contributed by atoms with van der Waals surface area (Å²) >= 11 is 5.86. The molecule has 0 bridgehead atoms. The zero-order valence-electron chi connectivity index (χ0n) is 15.4. The van der Waals surface area contributed by atoms with Crippen LogP contribution in [-0.4, -0.2) is 40.1 Å². The van der Waals surface area contributed by atoms with Gasteiger partial charge in [0, 0.05) is 17.6 Å². The quantitative estimate of drug-likeness (QED) is 0.755. The molecule has 2 aromatic carbocycles. The Balaban J connectivity index is 1.78. The number of hydrogen-bond donors (Lipinski definition) is 1. The SMILES string of the molecule is COc1ccc([C@@H](CNS(=O)(=O)c2ccc(Cl)cc2)N2CCCCC2)cc1. The molecule has 1 atom stereocenters. The van der Waals surface area contributed by atoms with Crippen molar-refractivity contribution in [3.8, 4) is 5.75 Å². The van der Waals surface area contributed by atoms with E-state index in [1.165, 1.54) is 18.6 Å². The smallest absolute Gasteiger partial charge is 0.240 e. The molecular formula is C20H25ClN2O3S. The van der Waals surface area contributed by atoms with Crippen molar-refractivity contribution in [3.05, 3.63) is 59.1 Å². The minimum Gasteiger partial charge on any atom is -0.497 e. The third kappa shape index (κ3) is 5.23. The van der Waals surface area contributed by atoms with E-state index in [9.17, 15) is 8.42 Å². The molecule has 1 N–H and O–H groups in total. The number of piperidine rings is 1. The summed E-state index contributed by atoms with van der Waals surface area (Å²) in [7, 11) is -1.96. The van der Waals surface area contributed by atoms with Gasteiger partial charge in [0.15, 0.2) is 0 Å². The Morgan fingerprint density at radius 3 is 2.26 bits per heavy atom. The number of hydrogen-bond acceptors (Lipinski definition) is 4. The number of likely N-dealkylation sites (tertiary alicyclic amines) is 1. The number of methoxy groups -OCH3 is 1. The second kappa shape index (κ2) is 9.06. The Morgan fingerprint density at radius 1 is 1.04 bits per heavy atom. The fourth-order valence-corrected chi connectivity index (χ4v) is 4.56. The number of nitrogens with one attached hydrogen (secondary N) is 1. The van der Waals surface area contributed by atoms with Crippen LogP contribution in [-0.2, 0) is 10.0 Å². The summed E-state index contributed by atoms with van der Waals surface area (Å²) in [6.45, 7) is 2.26. The highest BCUT2D eigenvalue weighted by Crippen LogP contribution is 2.26. The molecule has 0 saturated carbocycles. The zero-order valence-corrected chi connectivity index (χ0v) is 17.0. The maximum Gasteiger partial charge on any atom is 0.240 e. The molecule has 3 rings (SSSR count). The van der Waals surface area contributed by atoms with Crippen molar-refractivity contribution >= 4 is 21.6 Å². The molecule has 1 fully saturated rings. The van der Waals surface area contributed by atoms with E-state index in [1.54, 1.807) is 19.2 Å². The van der Waals surface area contributed by atoms with Crippen LogP contribution in [0.2, 0.25) is 5.02 Å². The van der Waals surface area contributed by atoms with Crippen molar-refractivity contribution in [2.45, 2.75) is 30.2 Å². The van der Waals surface area contributed by atoms with Crippen LogP contribution < -0.4 is 9.46 Å². The largest absolute Gasteiger partial charge is 0.497 e. The maximum atomic E-state index is 12.7. The van der Waals surface area contributed by atoms with Crippen LogP contribution in [0.4, 0.5) is 0 Å². The molecule has 5 nitrogen and oxygen atoms in total. The summed E-state index contributed by atoms with van der Waals surface area (Å²) in [5.74, 6) is 0.790. The number of sulfonamides is 1. The lowest BCUT2D eigenvalue weighted by molar-refractivity contribution is 0.164. The van der Waals surface area contributed by atoms with Gasteiger partial charge in [0.25, 0.3) is 0 Å². The van der Waals surface area contributed by atoms with Gasteiger partial charge in [-0.2, -0.15) is 0 Å². The Hall–Kier alpha value is -1.60. The number of ether oxygens (including phenoxy) is 1. The number of benzene rings is 2. The van der Waals surface area contributed by atoms with Gasteiger partial charge >= 0.3 is 0 Å². The highest BCUT2D eigenvalue weighted by atomic mass is 35.5. The first kappa shape index (κ1) is 20.1. The van der Waals surface area contributed by atoms with Gasteiger partial charge in [-0.25, -0.2) is 13.1 Å². The first-order valence-electron chi connectivity index (χ1n) is 9.13. The van der Waals surface area contributed by atoms with Crippen molar-refractivity contribution in [2.75, 3.05) is 26.7 Å². The van der Waals surface area contributed by atoms with Gasteiger partial charge in [-0.1, -0.05) is 30.2 Å². The van der Waals surface area contributed by atoms with E-state index in [0.717, 1.165) is 37.2 Å². The van der Waals surface area contributed by atoms with Gasteiger partial charge in [-0.05, 0) is 67.9 Å². The lowest BCUT2D eigenvalue weighted by Gasteiger charge is -2.35. The van der Waals surface area contributed by atoms with E-state index in [-0.39, 0.29) is 10.9 Å². The molecule has 1 heterocycles. The molecule has 1 aliphatic rings. The first-order chi connectivity index (χ1) is 13.0. The summed E-state index contributed by atoms with van der Waals surface area (Å²) in [6.07, 6.45) is 3.50. The van der Waals surface area contributed by atoms with Crippen molar-refractivity contribution in [3.63, 3.8) is 0 Å². The zero-order chi connectivity index (χ0) is 19.3. The van der Waals surface area contributed by atoms with Crippen LogP contribution in [0.15, 0.2) is 53.4 Å². The van der Waals surface area contributed by atoms with Gasteiger partial charge in [-0.3, -0.25) is 4.90 Å². The molecule has 0 aromatic heterocycles. The third-order valence-electron chi connectivity index (χ3n) is 4.92. The van der Waals surface area contributed by atoms with Crippen molar-refractivity contribution in [2.24, 2.45) is 0 Å². The van der Waals surface area contributed by atoms with Crippen LogP contribution in [0.3, 0.4) is 0 Å². The van der Waals surface area contributed by atoms with Gasteiger partial charge in [0.2, 0.25) is 10.0 Å². The van der Waals surface area contributed by atoms with Crippen molar-refractivity contribution < 1.29 is 13.2 Å². The fraction of sp³-hybridized carbons (Fsp3) is 0.400. The number of nitrogens with zero attached hydrogens (tertiary/aromatic N) is 1. The molecule has 27 heavy (non-hydrogen) atoms. The monoisotopic (exact) mass is 408 g/mol. The molecule has 2 aromatic rings. The molecule has 146 valence electrons. The topological polar surface area (TPSA) is 58.6 Å². The maximum absolute atomic E-state index is 12.7. The van der Waals surface area contributed by atoms with Crippen molar-refractivity contribution in [1.82, 2.24) is 9.62 Å². The number of rotatable bonds is 7. The van der Waals surface area contributed by atoms with Gasteiger partial charge < -0.3 is 4.74 Å². The summed E-state index contributed by atoms with van der Waals surface area (Å²) in [5, 5.41) is 0.512. The van der Waals surface area contributed by atoms with Gasteiger partial charge in [0.05, 0.1) is 12.0 Å². The molecule has 0 amide bonds. The average Bonchev–Trinajstić information content (AvgIpc) is 2.70. The standard InChI is InChI=1S/C20H25ClN2O3S/c1-26-18-9-5-16(6-10-18)20(23-13-3-2-4-14-23)15-22-27(24,25)19-11-7-17(21)8-12-19/h5-12,20,22H,2-4,13-15H2,1H3/t20-/m1/s1. The lowest BCUT2D eigenvalue weighted by Crippen LogP contribution is -2.40. The predicted molar refractivity (Wildman–Crippen MR) is 108 cm³/mol. The molecule has 1 aliphatic heterocycles. The average molecular weight is 409 g/mol. The second-order valence-corrected chi connectivity index (χ2v) is 8.89. The minimum absolute atomic E-state index is 0.0155. The summed E-state index contributed by atoms with van der Waals surface area (Å²) in [4.78, 5) is 2.58. The summed E-state index contributed by atoms with van der Waals surface area (Å²) < 4.78 is 33.4. The predicted octanol–water partition coefficient (Wildman–Crippen LogP) is 3.85. The van der Waals surface area contributed by atoms with Crippen LogP contribution in [0.25, 0.3) is 0 Å². The molecule has 0 spiro atoms. The summed E-state index contributed by atoms with van der Waals surface area (Å²) in [6, 6.07) is 14.0. The van der Waals surface area contributed by atoms with E-state index < -0.39 is 10.0 Å². The van der Waals surface area contributed by atoms with E-state index >= 15 is 0 Å². The highest BCUT2D eigenvalue weighted by molar-refractivity contribution is 7.89. The van der Waals surface area contributed by atoms with E-state index in [4.69, 9.17) is 16.3 Å². The Labute approximate surface area is 166 Å². The molecule has 0 aliphatic carbocycles. The molecule has 0 radical (unpaired) electrons. The Morgan fingerprint density at radius 2 is 1.67 bits per heavy atom. The molecular weight excluding hydrogens is 384 g/mol. The lowest BCUT2D eigenvalue weighted by atomic mass is 10.0. The molecule has 1 saturated heterocycles. The van der Waals surface area contributed by atoms with E-state index in [0.29, 0.717) is 11.6 Å². The van der Waals surface area contributed by atoms with Crippen LogP contribution in [0, 0.1) is 0 Å². The van der Waals surface area contributed by atoms with Gasteiger partial charge in [0.1, 0.15) is 5.75 Å². The van der Waals surface area contributed by atoms with Crippen molar-refractivity contribution in [1.29, 1.82) is 0 Å². The van der Waals surface area contributed by atoms with Crippen LogP contribution in [0.5, 0.6) is 5.75 Å².